The molecule has 1 aliphatic heterocycles. The first kappa shape index (κ1) is 9.63. The molecular formula is C11H21N. The fraction of sp³-hybridized carbons (Fsp3) is 0.818. The molecule has 0 spiro atoms. The molecule has 0 radical (unpaired) electrons. The van der Waals surface area contributed by atoms with E-state index >= 15 is 0 Å². The molecule has 0 amide bonds. The number of hydrogen-bond acceptors (Lipinski definition) is 1. The molecule has 0 N–H and O–H groups in total. The topological polar surface area (TPSA) is 3.24 Å². The average Bonchev–Trinajstić information content (AvgIpc) is 2.51. The Hall–Kier alpha value is -0.460. The predicted molar refractivity (Wildman–Crippen MR) is 54.0 cm³/mol. The van der Waals surface area contributed by atoms with Gasteiger partial charge in [-0.2, -0.15) is 0 Å². The summed E-state index contributed by atoms with van der Waals surface area (Å²) in [5.74, 6) is 0.810. The third kappa shape index (κ3) is 2.88. The quantitative estimate of drug-likeness (QED) is 0.622. The normalized spacial score (nSPS) is 17.4. The number of hydrogen-bond donors (Lipinski definition) is 0. The zero-order valence-corrected chi connectivity index (χ0v) is 8.47. The van der Waals surface area contributed by atoms with Crippen molar-refractivity contribution >= 4 is 0 Å². The van der Waals surface area contributed by atoms with Crippen molar-refractivity contribution in [2.45, 2.75) is 39.5 Å². The van der Waals surface area contributed by atoms with Gasteiger partial charge in [-0.15, -0.1) is 0 Å². The van der Waals surface area contributed by atoms with Crippen LogP contribution in [0.25, 0.3) is 0 Å². The summed E-state index contributed by atoms with van der Waals surface area (Å²) in [7, 11) is 0. The van der Waals surface area contributed by atoms with Crippen LogP contribution in [0.15, 0.2) is 12.3 Å². The van der Waals surface area contributed by atoms with Crippen molar-refractivity contribution in [2.24, 2.45) is 5.92 Å². The van der Waals surface area contributed by atoms with Gasteiger partial charge in [0, 0.05) is 18.8 Å². The smallest absolute Gasteiger partial charge is 0.0175 e. The zero-order valence-electron chi connectivity index (χ0n) is 8.47. The maximum atomic E-state index is 4.13. The van der Waals surface area contributed by atoms with Gasteiger partial charge in [-0.3, -0.25) is 0 Å². The highest BCUT2D eigenvalue weighted by molar-refractivity contribution is 4.95. The van der Waals surface area contributed by atoms with Crippen LogP contribution in [0.1, 0.15) is 39.5 Å². The van der Waals surface area contributed by atoms with Gasteiger partial charge in [0.25, 0.3) is 0 Å². The summed E-state index contributed by atoms with van der Waals surface area (Å²) in [6, 6.07) is 0. The molecule has 1 fully saturated rings. The van der Waals surface area contributed by atoms with E-state index < -0.39 is 0 Å². The summed E-state index contributed by atoms with van der Waals surface area (Å²) >= 11 is 0. The van der Waals surface area contributed by atoms with Crippen molar-refractivity contribution in [3.63, 3.8) is 0 Å². The highest BCUT2D eigenvalue weighted by atomic mass is 15.1. The molecule has 0 aromatic heterocycles. The Morgan fingerprint density at radius 2 is 1.92 bits per heavy atom. The minimum Gasteiger partial charge on any atom is -0.375 e. The third-order valence-corrected chi connectivity index (χ3v) is 2.56. The molecule has 1 heterocycles. The average molecular weight is 167 g/mol. The van der Waals surface area contributed by atoms with E-state index in [1.54, 1.807) is 0 Å². The Balaban J connectivity index is 2.18. The SMILES string of the molecule is C=C(CCC(C)C)N1CCCC1. The molecule has 1 nitrogen and oxygen atoms in total. The van der Waals surface area contributed by atoms with E-state index in [4.69, 9.17) is 0 Å². The van der Waals surface area contributed by atoms with E-state index in [2.05, 4.69) is 25.3 Å². The van der Waals surface area contributed by atoms with Gasteiger partial charge in [-0.25, -0.2) is 0 Å². The molecule has 0 saturated carbocycles. The van der Waals surface area contributed by atoms with Crippen LogP contribution in [0.4, 0.5) is 0 Å². The molecule has 12 heavy (non-hydrogen) atoms. The molecular weight excluding hydrogens is 146 g/mol. The van der Waals surface area contributed by atoms with E-state index in [-0.39, 0.29) is 0 Å². The Morgan fingerprint density at radius 3 is 2.42 bits per heavy atom. The number of nitrogens with zero attached hydrogens (tertiary/aromatic N) is 1. The molecule has 1 heteroatoms. The maximum Gasteiger partial charge on any atom is 0.0175 e. The Labute approximate surface area is 76.5 Å². The third-order valence-electron chi connectivity index (χ3n) is 2.56. The fourth-order valence-electron chi connectivity index (χ4n) is 1.65. The van der Waals surface area contributed by atoms with Gasteiger partial charge in [0.1, 0.15) is 0 Å². The second-order valence-corrected chi connectivity index (χ2v) is 4.19. The van der Waals surface area contributed by atoms with Crippen LogP contribution in [0.2, 0.25) is 0 Å². The van der Waals surface area contributed by atoms with Crippen molar-refractivity contribution in [3.05, 3.63) is 12.3 Å². The molecule has 1 rings (SSSR count). The lowest BCUT2D eigenvalue weighted by Crippen LogP contribution is -2.17. The van der Waals surface area contributed by atoms with Gasteiger partial charge in [-0.05, 0) is 31.6 Å². The van der Waals surface area contributed by atoms with Crippen molar-refractivity contribution in [1.29, 1.82) is 0 Å². The summed E-state index contributed by atoms with van der Waals surface area (Å²) in [5.41, 5.74) is 1.36. The van der Waals surface area contributed by atoms with Crippen LogP contribution in [0, 0.1) is 5.92 Å². The number of rotatable bonds is 4. The van der Waals surface area contributed by atoms with Gasteiger partial charge in [-0.1, -0.05) is 20.4 Å². The first-order valence-electron chi connectivity index (χ1n) is 5.13. The van der Waals surface area contributed by atoms with Crippen LogP contribution in [0.3, 0.4) is 0 Å². The van der Waals surface area contributed by atoms with E-state index in [1.807, 2.05) is 0 Å². The molecule has 70 valence electrons. The van der Waals surface area contributed by atoms with Gasteiger partial charge >= 0.3 is 0 Å². The van der Waals surface area contributed by atoms with Crippen LogP contribution >= 0.6 is 0 Å². The van der Waals surface area contributed by atoms with Gasteiger partial charge in [0.2, 0.25) is 0 Å². The lowest BCUT2D eigenvalue weighted by molar-refractivity contribution is 0.396. The maximum absolute atomic E-state index is 4.13. The molecule has 0 unspecified atom stereocenters. The van der Waals surface area contributed by atoms with Crippen LogP contribution in [-0.2, 0) is 0 Å². The summed E-state index contributed by atoms with van der Waals surface area (Å²) in [5, 5.41) is 0. The fourth-order valence-corrected chi connectivity index (χ4v) is 1.65. The molecule has 0 aromatic rings. The Morgan fingerprint density at radius 1 is 1.33 bits per heavy atom. The van der Waals surface area contributed by atoms with E-state index in [0.29, 0.717) is 0 Å². The second kappa shape index (κ2) is 4.54. The van der Waals surface area contributed by atoms with Gasteiger partial charge in [0.05, 0.1) is 0 Å². The van der Waals surface area contributed by atoms with E-state index in [0.717, 1.165) is 5.92 Å². The monoisotopic (exact) mass is 167 g/mol. The predicted octanol–water partition coefficient (Wildman–Crippen LogP) is 3.03. The molecule has 0 aromatic carbocycles. The minimum atomic E-state index is 0.810. The van der Waals surface area contributed by atoms with Gasteiger partial charge in [0.15, 0.2) is 0 Å². The zero-order chi connectivity index (χ0) is 8.97. The number of allylic oxidation sites excluding steroid dienone is 1. The van der Waals surface area contributed by atoms with Crippen LogP contribution in [0.5, 0.6) is 0 Å². The summed E-state index contributed by atoms with van der Waals surface area (Å²) < 4.78 is 0. The molecule has 0 bridgehead atoms. The lowest BCUT2D eigenvalue weighted by Gasteiger charge is -2.20. The number of likely N-dealkylation sites (tertiary alicyclic amines) is 1. The van der Waals surface area contributed by atoms with Crippen molar-refractivity contribution < 1.29 is 0 Å². The summed E-state index contributed by atoms with van der Waals surface area (Å²) in [6.45, 7) is 11.2. The van der Waals surface area contributed by atoms with Crippen molar-refractivity contribution in [2.75, 3.05) is 13.1 Å². The highest BCUT2D eigenvalue weighted by Crippen LogP contribution is 2.18. The Bertz CT molecular complexity index is 143. The van der Waals surface area contributed by atoms with Crippen molar-refractivity contribution in [1.82, 2.24) is 4.90 Å². The highest BCUT2D eigenvalue weighted by Gasteiger charge is 2.12. The standard InChI is InChI=1S/C11H21N/c1-10(2)6-7-11(3)12-8-4-5-9-12/h10H,3-9H2,1-2H3. The Kier molecular flexibility index (Phi) is 3.64. The molecule has 1 aliphatic rings. The van der Waals surface area contributed by atoms with Crippen LogP contribution < -0.4 is 0 Å². The first-order valence-corrected chi connectivity index (χ1v) is 5.13. The first-order chi connectivity index (χ1) is 5.70. The van der Waals surface area contributed by atoms with Crippen molar-refractivity contribution in [3.8, 4) is 0 Å². The molecule has 1 saturated heterocycles. The van der Waals surface area contributed by atoms with Gasteiger partial charge < -0.3 is 4.90 Å². The summed E-state index contributed by atoms with van der Waals surface area (Å²) in [4.78, 5) is 2.45. The summed E-state index contributed by atoms with van der Waals surface area (Å²) in [6.07, 6.45) is 5.20. The van der Waals surface area contributed by atoms with E-state index in [9.17, 15) is 0 Å². The second-order valence-electron chi connectivity index (χ2n) is 4.19. The lowest BCUT2D eigenvalue weighted by atomic mass is 10.1. The minimum absolute atomic E-state index is 0.810. The molecule has 0 aliphatic carbocycles. The molecule has 0 atom stereocenters. The van der Waals surface area contributed by atoms with Crippen LogP contribution in [-0.4, -0.2) is 18.0 Å². The largest absolute Gasteiger partial charge is 0.375 e. The van der Waals surface area contributed by atoms with E-state index in [1.165, 1.54) is 44.5 Å².